The zero-order valence-electron chi connectivity index (χ0n) is 25.5. The first-order valence-corrected chi connectivity index (χ1v) is 16.7. The highest BCUT2D eigenvalue weighted by Gasteiger charge is 2.23. The van der Waals surface area contributed by atoms with E-state index in [1.165, 1.54) is 25.7 Å². The van der Waals surface area contributed by atoms with E-state index in [-0.39, 0.29) is 0 Å². The van der Waals surface area contributed by atoms with E-state index in [1.807, 2.05) is 11.3 Å². The molecule has 47 heavy (non-hydrogen) atoms. The Morgan fingerprint density at radius 1 is 0.553 bits per heavy atom. The lowest BCUT2D eigenvalue weighted by Gasteiger charge is -2.25. The molecule has 0 saturated heterocycles. The average molecular weight is 623 g/mol. The second-order valence-electron chi connectivity index (χ2n) is 11.6. The Labute approximate surface area is 277 Å². The maximum absolute atomic E-state index is 5.42. The summed E-state index contributed by atoms with van der Waals surface area (Å²) >= 11 is 1.85. The largest absolute Gasteiger partial charge is 0.379 e. The molecule has 2 aromatic heterocycles. The minimum atomic E-state index is 0.774. The Morgan fingerprint density at radius 2 is 1.11 bits per heavy atom. The van der Waals surface area contributed by atoms with Gasteiger partial charge in [-0.05, 0) is 72.8 Å². The summed E-state index contributed by atoms with van der Waals surface area (Å²) in [5, 5.41) is 7.41. The van der Waals surface area contributed by atoms with Crippen LogP contribution < -0.4 is 15.1 Å². The fourth-order valence-electron chi connectivity index (χ4n) is 6.73. The third-order valence-electron chi connectivity index (χ3n) is 8.80. The van der Waals surface area contributed by atoms with Crippen LogP contribution in [0.25, 0.3) is 37.2 Å². The van der Waals surface area contributed by atoms with Crippen LogP contribution in [-0.2, 0) is 0 Å². The first kappa shape index (κ1) is 27.4. The van der Waals surface area contributed by atoms with Crippen molar-refractivity contribution in [2.45, 2.75) is 0 Å². The van der Waals surface area contributed by atoms with Gasteiger partial charge in [0.15, 0.2) is 0 Å². The van der Waals surface area contributed by atoms with Crippen molar-refractivity contribution < 1.29 is 0 Å². The number of hydrogen-bond donors (Lipinski definition) is 1. The van der Waals surface area contributed by atoms with Gasteiger partial charge in [-0.3, -0.25) is 4.90 Å². The van der Waals surface area contributed by atoms with Crippen LogP contribution in [0.2, 0.25) is 0 Å². The summed E-state index contributed by atoms with van der Waals surface area (Å²) in [4.78, 5) is 9.97. The van der Waals surface area contributed by atoms with Gasteiger partial charge in [-0.2, -0.15) is 0 Å². The molecule has 1 N–H and O–H groups in total. The monoisotopic (exact) mass is 622 g/mol. The third-order valence-corrected chi connectivity index (χ3v) is 9.99. The Hall–Kier alpha value is -5.91. The van der Waals surface area contributed by atoms with Crippen LogP contribution in [-0.4, -0.2) is 11.5 Å². The number of benzene rings is 6. The van der Waals surface area contributed by atoms with E-state index in [2.05, 4.69) is 179 Å². The summed E-state index contributed by atoms with van der Waals surface area (Å²) in [6, 6.07) is 53.4. The number of aromatic nitrogens is 1. The number of thiophene rings is 1. The van der Waals surface area contributed by atoms with Gasteiger partial charge < -0.3 is 10.2 Å². The van der Waals surface area contributed by atoms with Gasteiger partial charge in [-0.25, -0.2) is 4.98 Å². The van der Waals surface area contributed by atoms with Crippen LogP contribution in [0.4, 0.5) is 39.9 Å². The van der Waals surface area contributed by atoms with Gasteiger partial charge in [0.1, 0.15) is 5.82 Å². The second-order valence-corrected chi connectivity index (χ2v) is 12.7. The molecule has 0 aliphatic carbocycles. The highest BCUT2D eigenvalue weighted by Crippen LogP contribution is 2.48. The molecule has 1 aliphatic heterocycles. The molecule has 8 aromatic rings. The maximum atomic E-state index is 5.42. The van der Waals surface area contributed by atoms with Gasteiger partial charge in [0.2, 0.25) is 0 Å². The number of para-hydroxylation sites is 4. The Kier molecular flexibility index (Phi) is 6.69. The van der Waals surface area contributed by atoms with E-state index >= 15 is 0 Å². The Balaban J connectivity index is 1.26. The van der Waals surface area contributed by atoms with Crippen molar-refractivity contribution in [2.75, 3.05) is 21.7 Å². The molecule has 0 unspecified atom stereocenters. The molecular formula is C42H30N4S. The second kappa shape index (κ2) is 11.5. The molecule has 5 heteroatoms. The number of pyridine rings is 1. The number of anilines is 7. The fraction of sp³-hybridized carbons (Fsp3) is 0.0238. The quantitative estimate of drug-likeness (QED) is 0.200. The topological polar surface area (TPSA) is 31.4 Å². The van der Waals surface area contributed by atoms with Crippen molar-refractivity contribution in [3.8, 4) is 0 Å². The standard InChI is InChI=1S/C42H30N4S/c1-5-14-29(15-6-1)45(30-16-7-2-8-17-30)33-23-24-34-37(28-33)47-42-36-25-26-38(44-41(36)40-35(39(34)42)22-13-27-43-40)46(31-18-9-3-10-19-31)32-20-11-4-12-21-32/h1-26,28,43H,27H2. The lowest BCUT2D eigenvalue weighted by atomic mass is 9.98. The van der Waals surface area contributed by atoms with Gasteiger partial charge in [0.05, 0.1) is 11.2 Å². The number of hydrogen-bond acceptors (Lipinski definition) is 5. The smallest absolute Gasteiger partial charge is 0.138 e. The lowest BCUT2D eigenvalue weighted by Crippen LogP contribution is -2.12. The average Bonchev–Trinajstić information content (AvgIpc) is 3.53. The SMILES string of the molecule is C1=Cc2c(c3nc(N(c4ccccc4)c4ccccc4)ccc3c3sc4cc(N(c5ccccc5)c5ccccc5)ccc4c23)NC1. The highest BCUT2D eigenvalue weighted by atomic mass is 32.1. The molecule has 0 fully saturated rings. The van der Waals surface area contributed by atoms with Crippen molar-refractivity contribution in [3.63, 3.8) is 0 Å². The number of nitrogens with zero attached hydrogens (tertiary/aromatic N) is 3. The van der Waals surface area contributed by atoms with Crippen LogP contribution in [0.3, 0.4) is 0 Å². The van der Waals surface area contributed by atoms with Crippen LogP contribution >= 0.6 is 11.3 Å². The predicted molar refractivity (Wildman–Crippen MR) is 202 cm³/mol. The molecule has 0 atom stereocenters. The number of rotatable bonds is 6. The summed E-state index contributed by atoms with van der Waals surface area (Å²) in [6.07, 6.45) is 4.48. The number of nitrogens with one attached hydrogen (secondary N) is 1. The molecular weight excluding hydrogens is 593 g/mol. The minimum absolute atomic E-state index is 0.774. The lowest BCUT2D eigenvalue weighted by molar-refractivity contribution is 1.20. The van der Waals surface area contributed by atoms with Gasteiger partial charge in [0.25, 0.3) is 0 Å². The molecule has 3 heterocycles. The van der Waals surface area contributed by atoms with Gasteiger partial charge >= 0.3 is 0 Å². The molecule has 0 bridgehead atoms. The fourth-order valence-corrected chi connectivity index (χ4v) is 8.01. The van der Waals surface area contributed by atoms with Crippen LogP contribution in [0.15, 0.2) is 158 Å². The molecule has 4 nitrogen and oxygen atoms in total. The van der Waals surface area contributed by atoms with Crippen molar-refractivity contribution in [3.05, 3.63) is 163 Å². The zero-order chi connectivity index (χ0) is 31.2. The maximum Gasteiger partial charge on any atom is 0.138 e. The predicted octanol–water partition coefficient (Wildman–Crippen LogP) is 12.0. The normalized spacial score (nSPS) is 12.3. The highest BCUT2D eigenvalue weighted by molar-refractivity contribution is 7.26. The molecule has 0 saturated carbocycles. The molecule has 6 aromatic carbocycles. The van der Waals surface area contributed by atoms with Crippen LogP contribution in [0.1, 0.15) is 5.56 Å². The van der Waals surface area contributed by atoms with Crippen LogP contribution in [0, 0.1) is 0 Å². The van der Waals surface area contributed by atoms with E-state index in [4.69, 9.17) is 4.98 Å². The molecule has 0 radical (unpaired) electrons. The summed E-state index contributed by atoms with van der Waals surface area (Å²) in [5.74, 6) is 0.887. The summed E-state index contributed by atoms with van der Waals surface area (Å²) in [6.45, 7) is 0.774. The summed E-state index contributed by atoms with van der Waals surface area (Å²) < 4.78 is 2.51. The van der Waals surface area contributed by atoms with Crippen molar-refractivity contribution in [2.24, 2.45) is 0 Å². The molecule has 0 spiro atoms. The van der Waals surface area contributed by atoms with Gasteiger partial charge in [-0.1, -0.05) is 91.0 Å². The van der Waals surface area contributed by atoms with E-state index in [9.17, 15) is 0 Å². The Morgan fingerprint density at radius 3 is 1.70 bits per heavy atom. The van der Waals surface area contributed by atoms with Crippen molar-refractivity contribution >= 4 is 88.4 Å². The van der Waals surface area contributed by atoms with Crippen molar-refractivity contribution in [1.29, 1.82) is 0 Å². The van der Waals surface area contributed by atoms with Crippen molar-refractivity contribution in [1.82, 2.24) is 4.98 Å². The molecule has 9 rings (SSSR count). The van der Waals surface area contributed by atoms with E-state index in [1.54, 1.807) is 0 Å². The van der Waals surface area contributed by atoms with E-state index in [0.29, 0.717) is 0 Å². The summed E-state index contributed by atoms with van der Waals surface area (Å²) in [5.41, 5.74) is 8.84. The molecule has 224 valence electrons. The van der Waals surface area contributed by atoms with Gasteiger partial charge in [-0.15, -0.1) is 11.3 Å². The van der Waals surface area contributed by atoms with Gasteiger partial charge in [0, 0.05) is 66.1 Å². The van der Waals surface area contributed by atoms with E-state index < -0.39 is 0 Å². The first-order valence-electron chi connectivity index (χ1n) is 15.9. The van der Waals surface area contributed by atoms with E-state index in [0.717, 1.165) is 57.4 Å². The number of fused-ring (bicyclic) bond motifs is 8. The zero-order valence-corrected chi connectivity index (χ0v) is 26.4. The molecule has 1 aliphatic rings. The summed E-state index contributed by atoms with van der Waals surface area (Å²) in [7, 11) is 0. The first-order chi connectivity index (χ1) is 23.3. The molecule has 0 amide bonds. The minimum Gasteiger partial charge on any atom is -0.379 e. The third kappa shape index (κ3) is 4.71. The Bertz CT molecular complexity index is 2320. The van der Waals surface area contributed by atoms with Crippen LogP contribution in [0.5, 0.6) is 0 Å².